The van der Waals surface area contributed by atoms with Crippen LogP contribution in [0.15, 0.2) is 24.3 Å². The Morgan fingerprint density at radius 3 is 2.38 bits per heavy atom. The molecule has 0 bridgehead atoms. The van der Waals surface area contributed by atoms with E-state index in [1.54, 1.807) is 0 Å². The van der Waals surface area contributed by atoms with Crippen molar-refractivity contribution in [1.29, 1.82) is 0 Å². The van der Waals surface area contributed by atoms with Crippen LogP contribution in [0.2, 0.25) is 0 Å². The first kappa shape index (κ1) is 10.7. The number of benzene rings is 1. The molecule has 0 aliphatic heterocycles. The van der Waals surface area contributed by atoms with Gasteiger partial charge in [0, 0.05) is 10.4 Å². The number of thiocarbonyl (C=S) groups is 1. The molecule has 0 aliphatic rings. The molecule has 1 aromatic carbocycles. The Hall–Kier alpha value is -0.410. The lowest BCUT2D eigenvalue weighted by molar-refractivity contribution is 0.959. The van der Waals surface area contributed by atoms with E-state index < -0.39 is 0 Å². The zero-order chi connectivity index (χ0) is 9.84. The van der Waals surface area contributed by atoms with Gasteiger partial charge in [0.1, 0.15) is 4.99 Å². The van der Waals surface area contributed by atoms with Crippen LogP contribution in [-0.4, -0.2) is 9.82 Å². The summed E-state index contributed by atoms with van der Waals surface area (Å²) in [6, 6.07) is 8.05. The van der Waals surface area contributed by atoms with Gasteiger partial charge < -0.3 is 5.73 Å². The molecule has 3 heteroatoms. The normalized spacial score (nSPS) is 12.5. The summed E-state index contributed by atoms with van der Waals surface area (Å²) in [5, 5.41) is 0. The van der Waals surface area contributed by atoms with Crippen molar-refractivity contribution >= 4 is 33.1 Å². The molecule has 0 aliphatic carbocycles. The van der Waals surface area contributed by atoms with Crippen molar-refractivity contribution in [3.8, 4) is 0 Å². The second-order valence-corrected chi connectivity index (χ2v) is 5.05. The first-order valence-corrected chi connectivity index (χ1v) is 5.45. The smallest absolute Gasteiger partial charge is 0.103 e. The standard InChI is InChI=1S/C10H12BrNS/c1-7(11)6-8-2-4-9(5-3-8)10(12)13/h2-5,7H,6H2,1H3,(H2,12,13). The molecule has 1 rings (SSSR count). The molecule has 0 amide bonds. The third-order valence-corrected chi connectivity index (χ3v) is 2.31. The van der Waals surface area contributed by atoms with Crippen LogP contribution in [0.5, 0.6) is 0 Å². The Morgan fingerprint density at radius 1 is 1.46 bits per heavy atom. The minimum Gasteiger partial charge on any atom is -0.389 e. The van der Waals surface area contributed by atoms with E-state index in [4.69, 9.17) is 18.0 Å². The molecule has 2 N–H and O–H groups in total. The van der Waals surface area contributed by atoms with Crippen LogP contribution in [0, 0.1) is 0 Å². The summed E-state index contributed by atoms with van der Waals surface area (Å²) in [5.74, 6) is 0. The van der Waals surface area contributed by atoms with E-state index in [9.17, 15) is 0 Å². The van der Waals surface area contributed by atoms with Crippen LogP contribution in [0.4, 0.5) is 0 Å². The molecular formula is C10H12BrNS. The third-order valence-electron chi connectivity index (χ3n) is 1.76. The van der Waals surface area contributed by atoms with Crippen LogP contribution >= 0.6 is 28.1 Å². The molecule has 0 spiro atoms. The van der Waals surface area contributed by atoms with Crippen LogP contribution < -0.4 is 5.73 Å². The first-order valence-electron chi connectivity index (χ1n) is 4.12. The van der Waals surface area contributed by atoms with Gasteiger partial charge in [0.05, 0.1) is 0 Å². The monoisotopic (exact) mass is 257 g/mol. The van der Waals surface area contributed by atoms with Gasteiger partial charge in [-0.05, 0) is 12.0 Å². The highest BCUT2D eigenvalue weighted by molar-refractivity contribution is 9.09. The van der Waals surface area contributed by atoms with Crippen LogP contribution in [0.3, 0.4) is 0 Å². The van der Waals surface area contributed by atoms with Crippen molar-refractivity contribution in [1.82, 2.24) is 0 Å². The molecule has 0 aromatic heterocycles. The third kappa shape index (κ3) is 3.44. The second-order valence-electron chi connectivity index (χ2n) is 3.05. The number of nitrogens with two attached hydrogens (primary N) is 1. The highest BCUT2D eigenvalue weighted by Gasteiger charge is 1.99. The Bertz CT molecular complexity index is 292. The fourth-order valence-electron chi connectivity index (χ4n) is 1.13. The maximum absolute atomic E-state index is 5.49. The number of rotatable bonds is 3. The second kappa shape index (κ2) is 4.72. The Morgan fingerprint density at radius 2 is 2.00 bits per heavy atom. The van der Waals surface area contributed by atoms with E-state index in [2.05, 4.69) is 35.0 Å². The molecule has 0 saturated carbocycles. The summed E-state index contributed by atoms with van der Waals surface area (Å²) in [7, 11) is 0. The van der Waals surface area contributed by atoms with Gasteiger partial charge in [-0.15, -0.1) is 0 Å². The minimum atomic E-state index is 0.457. The molecule has 0 saturated heterocycles. The molecule has 0 radical (unpaired) electrons. The quantitative estimate of drug-likeness (QED) is 0.666. The molecule has 0 heterocycles. The molecule has 1 aromatic rings. The highest BCUT2D eigenvalue weighted by atomic mass is 79.9. The SMILES string of the molecule is CC(Br)Cc1ccc(C(N)=S)cc1. The molecule has 70 valence electrons. The molecule has 1 atom stereocenters. The lowest BCUT2D eigenvalue weighted by Crippen LogP contribution is -2.09. The largest absolute Gasteiger partial charge is 0.389 e. The Kier molecular flexibility index (Phi) is 3.88. The lowest BCUT2D eigenvalue weighted by Gasteiger charge is -2.04. The van der Waals surface area contributed by atoms with Crippen molar-refractivity contribution in [3.05, 3.63) is 35.4 Å². The van der Waals surface area contributed by atoms with Gasteiger partial charge in [-0.3, -0.25) is 0 Å². The van der Waals surface area contributed by atoms with E-state index in [0.717, 1.165) is 12.0 Å². The lowest BCUT2D eigenvalue weighted by atomic mass is 10.1. The molecular weight excluding hydrogens is 246 g/mol. The zero-order valence-electron chi connectivity index (χ0n) is 7.46. The zero-order valence-corrected chi connectivity index (χ0v) is 9.86. The summed E-state index contributed by atoms with van der Waals surface area (Å²) in [5.41, 5.74) is 7.71. The summed E-state index contributed by atoms with van der Waals surface area (Å²) >= 11 is 8.37. The summed E-state index contributed by atoms with van der Waals surface area (Å²) in [6.07, 6.45) is 1.03. The minimum absolute atomic E-state index is 0.457. The van der Waals surface area contributed by atoms with Gasteiger partial charge in [-0.1, -0.05) is 59.3 Å². The fourth-order valence-corrected chi connectivity index (χ4v) is 1.64. The number of hydrogen-bond donors (Lipinski definition) is 1. The van der Waals surface area contributed by atoms with Gasteiger partial charge in [0.2, 0.25) is 0 Å². The van der Waals surface area contributed by atoms with Gasteiger partial charge in [0.25, 0.3) is 0 Å². The van der Waals surface area contributed by atoms with E-state index >= 15 is 0 Å². The number of halogens is 1. The maximum atomic E-state index is 5.49. The molecule has 1 nitrogen and oxygen atoms in total. The topological polar surface area (TPSA) is 26.0 Å². The predicted octanol–water partition coefficient (Wildman–Crippen LogP) is 2.65. The van der Waals surface area contributed by atoms with Crippen molar-refractivity contribution in [2.24, 2.45) is 5.73 Å². The predicted molar refractivity (Wildman–Crippen MR) is 64.4 cm³/mol. The fraction of sp³-hybridized carbons (Fsp3) is 0.300. The first-order chi connectivity index (χ1) is 6.09. The van der Waals surface area contributed by atoms with Crippen LogP contribution in [0.25, 0.3) is 0 Å². The van der Waals surface area contributed by atoms with Gasteiger partial charge in [-0.25, -0.2) is 0 Å². The average molecular weight is 258 g/mol. The number of alkyl halides is 1. The summed E-state index contributed by atoms with van der Waals surface area (Å²) in [4.78, 5) is 0.960. The van der Waals surface area contributed by atoms with Gasteiger partial charge in [0.15, 0.2) is 0 Å². The van der Waals surface area contributed by atoms with Crippen LogP contribution in [-0.2, 0) is 6.42 Å². The van der Waals surface area contributed by atoms with Crippen molar-refractivity contribution in [3.63, 3.8) is 0 Å². The van der Waals surface area contributed by atoms with Crippen LogP contribution in [0.1, 0.15) is 18.1 Å². The van der Waals surface area contributed by atoms with E-state index in [0.29, 0.717) is 9.82 Å². The maximum Gasteiger partial charge on any atom is 0.103 e. The highest BCUT2D eigenvalue weighted by Crippen LogP contribution is 2.10. The van der Waals surface area contributed by atoms with E-state index in [1.807, 2.05) is 12.1 Å². The van der Waals surface area contributed by atoms with E-state index in [1.165, 1.54) is 5.56 Å². The van der Waals surface area contributed by atoms with Gasteiger partial charge in [-0.2, -0.15) is 0 Å². The van der Waals surface area contributed by atoms with Crippen molar-refractivity contribution in [2.45, 2.75) is 18.2 Å². The average Bonchev–Trinajstić information content (AvgIpc) is 2.04. The van der Waals surface area contributed by atoms with Crippen molar-refractivity contribution < 1.29 is 0 Å². The Balaban J connectivity index is 2.75. The van der Waals surface area contributed by atoms with E-state index in [-0.39, 0.29) is 0 Å². The van der Waals surface area contributed by atoms with Gasteiger partial charge >= 0.3 is 0 Å². The number of hydrogen-bond acceptors (Lipinski definition) is 1. The Labute approximate surface area is 92.5 Å². The summed E-state index contributed by atoms with van der Waals surface area (Å²) < 4.78 is 0. The van der Waals surface area contributed by atoms with Crippen molar-refractivity contribution in [2.75, 3.05) is 0 Å². The molecule has 0 fully saturated rings. The molecule has 13 heavy (non-hydrogen) atoms. The summed E-state index contributed by atoms with van der Waals surface area (Å²) in [6.45, 7) is 2.13. The molecule has 1 unspecified atom stereocenters.